The highest BCUT2D eigenvalue weighted by molar-refractivity contribution is 6.20. The normalized spacial score (nSPS) is 29.3. The van der Waals surface area contributed by atoms with Gasteiger partial charge in [0.25, 0.3) is 0 Å². The van der Waals surface area contributed by atoms with Crippen LogP contribution in [-0.4, -0.2) is 17.6 Å². The molecule has 0 aromatic heterocycles. The molecule has 1 aliphatic carbocycles. The molecule has 2 aliphatic rings. The minimum Gasteiger partial charge on any atom is -0.375 e. The van der Waals surface area contributed by atoms with Crippen LogP contribution in [0.5, 0.6) is 0 Å². The van der Waals surface area contributed by atoms with Gasteiger partial charge in [0.15, 0.2) is 0 Å². The summed E-state index contributed by atoms with van der Waals surface area (Å²) in [5.74, 6) is 0.870. The highest BCUT2D eigenvalue weighted by Gasteiger charge is 2.38. The minimum absolute atomic E-state index is 0.272. The topological polar surface area (TPSA) is 9.23 Å². The molecule has 1 nitrogen and oxygen atoms in total. The smallest absolute Gasteiger partial charge is 0.0685 e. The molecule has 1 heterocycles. The van der Waals surface area contributed by atoms with Gasteiger partial charge in [-0.2, -0.15) is 0 Å². The van der Waals surface area contributed by atoms with Crippen LogP contribution in [0.3, 0.4) is 0 Å². The summed E-state index contributed by atoms with van der Waals surface area (Å²) in [4.78, 5) is 0. The van der Waals surface area contributed by atoms with E-state index in [1.165, 1.54) is 70.6 Å². The number of rotatable bonds is 5. The monoisotopic (exact) mass is 272 g/mol. The Hall–Kier alpha value is 0.250. The fourth-order valence-corrected chi connectivity index (χ4v) is 4.14. The molecule has 2 rings (SSSR count). The minimum atomic E-state index is 0.272. The van der Waals surface area contributed by atoms with E-state index in [1.807, 2.05) is 0 Å². The van der Waals surface area contributed by atoms with Gasteiger partial charge < -0.3 is 4.74 Å². The first kappa shape index (κ1) is 14.7. The zero-order chi connectivity index (χ0) is 12.8. The Labute approximate surface area is 118 Å². The molecule has 2 fully saturated rings. The van der Waals surface area contributed by atoms with Crippen molar-refractivity contribution >= 4 is 11.6 Å². The van der Waals surface area contributed by atoms with Gasteiger partial charge in [-0.1, -0.05) is 32.6 Å². The van der Waals surface area contributed by atoms with Gasteiger partial charge in [0.2, 0.25) is 0 Å². The van der Waals surface area contributed by atoms with E-state index in [4.69, 9.17) is 16.3 Å². The number of hydrogen-bond acceptors (Lipinski definition) is 1. The summed E-state index contributed by atoms with van der Waals surface area (Å²) in [7, 11) is 0. The molecule has 2 heteroatoms. The molecule has 0 radical (unpaired) electrons. The molecule has 1 spiro atoms. The zero-order valence-electron chi connectivity index (χ0n) is 11.9. The average Bonchev–Trinajstić information content (AvgIpc) is 2.38. The molecular weight excluding hydrogens is 244 g/mol. The zero-order valence-corrected chi connectivity index (χ0v) is 12.7. The number of halogens is 1. The first-order valence-corrected chi connectivity index (χ1v) is 8.46. The summed E-state index contributed by atoms with van der Waals surface area (Å²) in [6.07, 6.45) is 14.3. The van der Waals surface area contributed by atoms with Crippen LogP contribution in [-0.2, 0) is 4.74 Å². The van der Waals surface area contributed by atoms with Gasteiger partial charge in [-0.05, 0) is 50.9 Å². The van der Waals surface area contributed by atoms with Crippen LogP contribution in [0.1, 0.15) is 77.6 Å². The largest absolute Gasteiger partial charge is 0.375 e. The van der Waals surface area contributed by atoms with Gasteiger partial charge in [-0.15, -0.1) is 11.6 Å². The van der Waals surface area contributed by atoms with E-state index < -0.39 is 0 Å². The molecule has 0 amide bonds. The summed E-state index contributed by atoms with van der Waals surface area (Å²) < 4.78 is 6.16. The molecule has 18 heavy (non-hydrogen) atoms. The van der Waals surface area contributed by atoms with Crippen LogP contribution in [0.15, 0.2) is 0 Å². The predicted octanol–water partition coefficient (Wildman–Crippen LogP) is 5.30. The van der Waals surface area contributed by atoms with E-state index >= 15 is 0 Å². The molecule has 0 aromatic rings. The molecular formula is C16H29ClO. The van der Waals surface area contributed by atoms with Crippen molar-refractivity contribution in [3.8, 4) is 0 Å². The van der Waals surface area contributed by atoms with Crippen molar-refractivity contribution in [2.45, 2.75) is 88.5 Å². The highest BCUT2D eigenvalue weighted by Crippen LogP contribution is 2.42. The first-order chi connectivity index (χ1) is 8.74. The van der Waals surface area contributed by atoms with Gasteiger partial charge in [0.05, 0.1) is 5.60 Å². The Bertz CT molecular complexity index is 230. The maximum absolute atomic E-state index is 6.35. The molecule has 2 unspecified atom stereocenters. The lowest BCUT2D eigenvalue weighted by atomic mass is 9.75. The predicted molar refractivity (Wildman–Crippen MR) is 78.3 cm³/mol. The third-order valence-corrected chi connectivity index (χ3v) is 5.29. The maximum atomic E-state index is 6.35. The Balaban J connectivity index is 1.76. The summed E-state index contributed by atoms with van der Waals surface area (Å²) in [6, 6.07) is 0. The van der Waals surface area contributed by atoms with Crippen molar-refractivity contribution in [1.82, 2.24) is 0 Å². The standard InChI is InChI=1S/C16H29ClO/c1-2-6-15(17)8-7-14-9-12-18-16(13-14)10-4-3-5-11-16/h14-15H,2-13H2,1H3. The van der Waals surface area contributed by atoms with Crippen LogP contribution in [0.25, 0.3) is 0 Å². The number of ether oxygens (including phenoxy) is 1. The van der Waals surface area contributed by atoms with Crippen LogP contribution in [0, 0.1) is 5.92 Å². The van der Waals surface area contributed by atoms with Crippen molar-refractivity contribution in [1.29, 1.82) is 0 Å². The van der Waals surface area contributed by atoms with Crippen LogP contribution >= 0.6 is 11.6 Å². The Morgan fingerprint density at radius 1 is 1.22 bits per heavy atom. The van der Waals surface area contributed by atoms with E-state index in [1.54, 1.807) is 0 Å². The van der Waals surface area contributed by atoms with Gasteiger partial charge >= 0.3 is 0 Å². The highest BCUT2D eigenvalue weighted by atomic mass is 35.5. The molecule has 106 valence electrons. The number of hydrogen-bond donors (Lipinski definition) is 0. The second-order valence-electron chi connectivity index (χ2n) is 6.41. The quantitative estimate of drug-likeness (QED) is 0.617. The van der Waals surface area contributed by atoms with Crippen molar-refractivity contribution in [2.24, 2.45) is 5.92 Å². The van der Waals surface area contributed by atoms with Gasteiger partial charge in [0.1, 0.15) is 0 Å². The molecule has 2 atom stereocenters. The summed E-state index contributed by atoms with van der Waals surface area (Å²) >= 11 is 6.35. The van der Waals surface area contributed by atoms with Crippen molar-refractivity contribution in [3.05, 3.63) is 0 Å². The number of alkyl halides is 1. The summed E-state index contributed by atoms with van der Waals surface area (Å²) in [5, 5.41) is 0.403. The molecule has 1 saturated heterocycles. The molecule has 0 N–H and O–H groups in total. The maximum Gasteiger partial charge on any atom is 0.0685 e. The lowest BCUT2D eigenvalue weighted by Gasteiger charge is -2.43. The van der Waals surface area contributed by atoms with Crippen LogP contribution in [0.4, 0.5) is 0 Å². The van der Waals surface area contributed by atoms with E-state index in [-0.39, 0.29) is 5.60 Å². The average molecular weight is 273 g/mol. The van der Waals surface area contributed by atoms with Crippen LogP contribution < -0.4 is 0 Å². The molecule has 0 bridgehead atoms. The molecule has 0 aromatic carbocycles. The van der Waals surface area contributed by atoms with Crippen molar-refractivity contribution < 1.29 is 4.74 Å². The second-order valence-corrected chi connectivity index (χ2v) is 7.03. The summed E-state index contributed by atoms with van der Waals surface area (Å²) in [6.45, 7) is 3.21. The fourth-order valence-electron chi connectivity index (χ4n) is 3.79. The SMILES string of the molecule is CCCC(Cl)CCC1CCOC2(CCCCC2)C1. The van der Waals surface area contributed by atoms with Crippen molar-refractivity contribution in [2.75, 3.05) is 6.61 Å². The third kappa shape index (κ3) is 4.13. The Kier molecular flexibility index (Phi) is 5.82. The molecule has 1 aliphatic heterocycles. The van der Waals surface area contributed by atoms with E-state index in [2.05, 4.69) is 6.92 Å². The lowest BCUT2D eigenvalue weighted by molar-refractivity contribution is -0.118. The Morgan fingerprint density at radius 2 is 2.00 bits per heavy atom. The van der Waals surface area contributed by atoms with E-state index in [0.29, 0.717) is 5.38 Å². The van der Waals surface area contributed by atoms with E-state index in [9.17, 15) is 0 Å². The van der Waals surface area contributed by atoms with Crippen LogP contribution in [0.2, 0.25) is 0 Å². The van der Waals surface area contributed by atoms with E-state index in [0.717, 1.165) is 12.5 Å². The van der Waals surface area contributed by atoms with Gasteiger partial charge in [-0.3, -0.25) is 0 Å². The summed E-state index contributed by atoms with van der Waals surface area (Å²) in [5.41, 5.74) is 0.272. The third-order valence-electron chi connectivity index (χ3n) is 4.85. The lowest BCUT2D eigenvalue weighted by Crippen LogP contribution is -2.41. The van der Waals surface area contributed by atoms with Crippen molar-refractivity contribution in [3.63, 3.8) is 0 Å². The first-order valence-electron chi connectivity index (χ1n) is 8.02. The molecule has 1 saturated carbocycles. The second kappa shape index (κ2) is 7.14. The van der Waals surface area contributed by atoms with Gasteiger partial charge in [-0.25, -0.2) is 0 Å². The van der Waals surface area contributed by atoms with Gasteiger partial charge in [0, 0.05) is 12.0 Å². The fraction of sp³-hybridized carbons (Fsp3) is 1.00. The Morgan fingerprint density at radius 3 is 2.72 bits per heavy atom.